The summed E-state index contributed by atoms with van der Waals surface area (Å²) in [6, 6.07) is 9.01. The Kier molecular flexibility index (Phi) is 7.26. The highest BCUT2D eigenvalue weighted by Crippen LogP contribution is 2.31. The van der Waals surface area contributed by atoms with Crippen molar-refractivity contribution in [1.82, 2.24) is 25.2 Å². The molecule has 3 heterocycles. The summed E-state index contributed by atoms with van der Waals surface area (Å²) in [6.07, 6.45) is 1.52. The average Bonchev–Trinajstić information content (AvgIpc) is 3.28. The first-order valence-corrected chi connectivity index (χ1v) is 11.8. The summed E-state index contributed by atoms with van der Waals surface area (Å²) in [7, 11) is 1.49. The molecule has 0 spiro atoms. The predicted molar refractivity (Wildman–Crippen MR) is 133 cm³/mol. The molecule has 11 nitrogen and oxygen atoms in total. The molecule has 0 radical (unpaired) electrons. The molecule has 37 heavy (non-hydrogen) atoms. The van der Waals surface area contributed by atoms with Crippen LogP contribution in [-0.2, 0) is 4.74 Å². The lowest BCUT2D eigenvalue weighted by Crippen LogP contribution is -2.44. The number of anilines is 1. The molecule has 0 saturated heterocycles. The van der Waals surface area contributed by atoms with Gasteiger partial charge in [0.15, 0.2) is 0 Å². The molecule has 1 aliphatic carbocycles. The second kappa shape index (κ2) is 10.4. The molecule has 1 aliphatic rings. The Morgan fingerprint density at radius 1 is 1.32 bits per heavy atom. The summed E-state index contributed by atoms with van der Waals surface area (Å²) in [5, 5.41) is 31.5. The summed E-state index contributed by atoms with van der Waals surface area (Å²) < 4.78 is 21.1. The number of nitriles is 1. The van der Waals surface area contributed by atoms with Crippen LogP contribution in [0.15, 0.2) is 36.7 Å². The van der Waals surface area contributed by atoms with Crippen LogP contribution < -0.4 is 16.0 Å². The number of halogens is 1. The van der Waals surface area contributed by atoms with Crippen LogP contribution in [-0.4, -0.2) is 69.2 Å². The zero-order chi connectivity index (χ0) is 26.7. The highest BCUT2D eigenvalue weighted by Gasteiger charge is 2.33. The fraction of sp³-hybridized carbons (Fsp3) is 0.400. The van der Waals surface area contributed by atoms with Crippen molar-refractivity contribution < 1.29 is 23.8 Å². The number of hydrogen-bond acceptors (Lipinski definition) is 8. The van der Waals surface area contributed by atoms with Gasteiger partial charge in [-0.2, -0.15) is 10.4 Å². The summed E-state index contributed by atoms with van der Waals surface area (Å²) in [5.41, 5.74) is 1.37. The molecule has 0 aliphatic heterocycles. The molecule has 12 heteroatoms. The van der Waals surface area contributed by atoms with Crippen molar-refractivity contribution in [1.29, 1.82) is 5.26 Å². The van der Waals surface area contributed by atoms with Crippen LogP contribution in [0, 0.1) is 11.3 Å². The van der Waals surface area contributed by atoms with Crippen molar-refractivity contribution in [2.75, 3.05) is 18.9 Å². The Bertz CT molecular complexity index is 1360. The molecule has 0 unspecified atom stereocenters. The molecule has 0 bridgehead atoms. The third-order valence-corrected chi connectivity index (χ3v) is 6.18. The van der Waals surface area contributed by atoms with E-state index in [-0.39, 0.29) is 24.3 Å². The summed E-state index contributed by atoms with van der Waals surface area (Å²) in [4.78, 5) is 28.8. The van der Waals surface area contributed by atoms with Gasteiger partial charge < -0.3 is 25.8 Å². The Balaban J connectivity index is 1.59. The van der Waals surface area contributed by atoms with Gasteiger partial charge in [-0.1, -0.05) is 0 Å². The van der Waals surface area contributed by atoms with Crippen LogP contribution in [0.5, 0.6) is 0 Å². The van der Waals surface area contributed by atoms with Crippen molar-refractivity contribution in [3.05, 3.63) is 47.8 Å². The number of fused-ring (bicyclic) bond motifs is 1. The normalized spacial score (nSPS) is 17.8. The number of nitrogens with one attached hydrogen (secondary N) is 3. The van der Waals surface area contributed by atoms with Crippen LogP contribution in [0.3, 0.4) is 0 Å². The number of pyridine rings is 1. The highest BCUT2D eigenvalue weighted by atomic mass is 19.1. The van der Waals surface area contributed by atoms with Gasteiger partial charge in [-0.3, -0.25) is 9.78 Å². The number of hydrogen-bond donors (Lipinski definition) is 4. The predicted octanol–water partition coefficient (Wildman–Crippen LogP) is 2.41. The average molecular weight is 510 g/mol. The maximum Gasteiger partial charge on any atom is 0.407 e. The highest BCUT2D eigenvalue weighted by molar-refractivity contribution is 6.00. The smallest absolute Gasteiger partial charge is 0.407 e. The number of amides is 2. The SMILES string of the molecule is CNC(=O)O[C@H]1C[C@@H](Nc2cc(-c3ccc4cc(C#N)cnn34)ncc2C(=O)NC[C@@H](F)C(C)(C)O)C1. The second-order valence-corrected chi connectivity index (χ2v) is 9.45. The van der Waals surface area contributed by atoms with Crippen molar-refractivity contribution in [3.8, 4) is 17.5 Å². The fourth-order valence-electron chi connectivity index (χ4n) is 3.89. The Morgan fingerprint density at radius 2 is 2.08 bits per heavy atom. The fourth-order valence-corrected chi connectivity index (χ4v) is 3.89. The molecule has 3 aromatic heterocycles. The van der Waals surface area contributed by atoms with E-state index < -0.39 is 23.8 Å². The summed E-state index contributed by atoms with van der Waals surface area (Å²) in [6.45, 7) is 2.29. The summed E-state index contributed by atoms with van der Waals surface area (Å²) in [5.74, 6) is -0.553. The van der Waals surface area contributed by atoms with Crippen molar-refractivity contribution in [2.24, 2.45) is 0 Å². The van der Waals surface area contributed by atoms with E-state index in [1.807, 2.05) is 12.1 Å². The number of carbonyl (C=O) groups is 2. The zero-order valence-electron chi connectivity index (χ0n) is 20.7. The first-order chi connectivity index (χ1) is 17.6. The minimum Gasteiger partial charge on any atom is -0.446 e. The van der Waals surface area contributed by atoms with Gasteiger partial charge in [-0.25, -0.2) is 13.7 Å². The first kappa shape index (κ1) is 25.8. The summed E-state index contributed by atoms with van der Waals surface area (Å²) >= 11 is 0. The molecular weight excluding hydrogens is 481 g/mol. The molecule has 1 atom stereocenters. The Morgan fingerprint density at radius 3 is 2.76 bits per heavy atom. The lowest BCUT2D eigenvalue weighted by molar-refractivity contribution is -0.00177. The van der Waals surface area contributed by atoms with Crippen molar-refractivity contribution in [2.45, 2.75) is 50.6 Å². The van der Waals surface area contributed by atoms with E-state index in [4.69, 9.17) is 10.00 Å². The number of carbonyl (C=O) groups excluding carboxylic acids is 2. The van der Waals surface area contributed by atoms with E-state index in [1.54, 1.807) is 16.6 Å². The van der Waals surface area contributed by atoms with Gasteiger partial charge >= 0.3 is 6.09 Å². The van der Waals surface area contributed by atoms with Gasteiger partial charge in [0.1, 0.15) is 18.3 Å². The number of aliphatic hydroxyl groups is 1. The number of nitrogens with zero attached hydrogens (tertiary/aromatic N) is 4. The number of alkyl halides is 1. The molecule has 194 valence electrons. The van der Waals surface area contributed by atoms with Gasteiger partial charge in [0.2, 0.25) is 0 Å². The van der Waals surface area contributed by atoms with Crippen LogP contribution in [0.25, 0.3) is 16.9 Å². The molecule has 4 N–H and O–H groups in total. The van der Waals surface area contributed by atoms with Crippen LogP contribution in [0.4, 0.5) is 14.9 Å². The quantitative estimate of drug-likeness (QED) is 0.361. The van der Waals surface area contributed by atoms with Crippen molar-refractivity contribution >= 4 is 23.2 Å². The molecule has 1 saturated carbocycles. The first-order valence-electron chi connectivity index (χ1n) is 11.8. The van der Waals surface area contributed by atoms with E-state index in [0.717, 1.165) is 0 Å². The minimum atomic E-state index is -1.66. The third kappa shape index (κ3) is 5.78. The van der Waals surface area contributed by atoms with Crippen LogP contribution in [0.2, 0.25) is 0 Å². The Labute approximate surface area is 212 Å². The zero-order valence-corrected chi connectivity index (χ0v) is 20.7. The van der Waals surface area contributed by atoms with E-state index in [9.17, 15) is 19.1 Å². The van der Waals surface area contributed by atoms with Gasteiger partial charge in [0.25, 0.3) is 5.91 Å². The maximum atomic E-state index is 14.2. The van der Waals surface area contributed by atoms with Gasteiger partial charge in [-0.05, 0) is 38.1 Å². The van der Waals surface area contributed by atoms with E-state index >= 15 is 0 Å². The van der Waals surface area contributed by atoms with Crippen LogP contribution in [0.1, 0.15) is 42.6 Å². The van der Waals surface area contributed by atoms with Crippen LogP contribution >= 0.6 is 0 Å². The number of alkyl carbamates (subject to hydrolysis) is 1. The lowest BCUT2D eigenvalue weighted by Gasteiger charge is -2.36. The molecule has 0 aromatic carbocycles. The van der Waals surface area contributed by atoms with Gasteiger partial charge in [-0.15, -0.1) is 0 Å². The van der Waals surface area contributed by atoms with Gasteiger partial charge in [0.05, 0.1) is 52.1 Å². The number of rotatable bonds is 8. The van der Waals surface area contributed by atoms with Gasteiger partial charge in [0, 0.05) is 32.1 Å². The largest absolute Gasteiger partial charge is 0.446 e. The second-order valence-electron chi connectivity index (χ2n) is 9.45. The Hall–Kier alpha value is -4.24. The lowest BCUT2D eigenvalue weighted by atomic mass is 9.89. The van der Waals surface area contributed by atoms with E-state index in [2.05, 4.69) is 32.1 Å². The topological polar surface area (TPSA) is 154 Å². The van der Waals surface area contributed by atoms with E-state index in [0.29, 0.717) is 41.0 Å². The molecule has 3 aromatic rings. The van der Waals surface area contributed by atoms with Crippen molar-refractivity contribution in [3.63, 3.8) is 0 Å². The molecule has 2 amide bonds. The number of aromatic nitrogens is 3. The molecule has 1 fully saturated rings. The monoisotopic (exact) mass is 509 g/mol. The maximum absolute atomic E-state index is 14.2. The third-order valence-electron chi connectivity index (χ3n) is 6.18. The standard InChI is InChI=1S/C25H28FN7O4/c1-25(2,36)22(26)13-30-23(34)18-12-29-20(21-5-4-16-6-14(10-27)11-31-33(16)21)9-19(18)32-15-7-17(8-15)37-24(35)28-3/h4-6,9,11-12,15,17,22,36H,7-8,13H2,1-3H3,(H,28,35)(H,29,32)(H,30,34)/t15-,17+,22-/m1/s1. The molecular formula is C25H28FN7O4. The minimum absolute atomic E-state index is 0.0675. The molecule has 4 rings (SSSR count). The van der Waals surface area contributed by atoms with E-state index in [1.165, 1.54) is 33.3 Å². The number of ether oxygens (including phenoxy) is 1.